The smallest absolute Gasteiger partial charge is 0.359 e. The first-order valence-electron chi connectivity index (χ1n) is 4.30. The first-order chi connectivity index (χ1) is 7.41. The average Bonchev–Trinajstić information content (AvgIpc) is 2.12. The lowest BCUT2D eigenvalue weighted by molar-refractivity contribution is -0.386. The number of anilines is 1. The van der Waals surface area contributed by atoms with Gasteiger partial charge < -0.3 is 10.6 Å². The number of H-pyrrole nitrogens is 1. The van der Waals surface area contributed by atoms with Gasteiger partial charge in [0.2, 0.25) is 5.95 Å². The molecule has 0 atom stereocenters. The second-order valence-electron chi connectivity index (χ2n) is 3.22. The molecule has 0 unspecified atom stereocenters. The third kappa shape index (κ3) is 2.56. The number of nitrogens with two attached hydrogens (primary N) is 1. The lowest BCUT2D eigenvalue weighted by Gasteiger charge is -2.03. The fraction of sp³-hybridized carbons (Fsp3) is 0.250. The molecule has 1 heterocycles. The SMILES string of the molecule is CN(C)/C=C/c1nc(N)[nH]c(=O)c1[N+](=O)[O-]. The Bertz CT molecular complexity index is 491. The number of nitro groups is 1. The van der Waals surface area contributed by atoms with Crippen LogP contribution in [0.2, 0.25) is 0 Å². The van der Waals surface area contributed by atoms with Crippen molar-refractivity contribution < 1.29 is 4.92 Å². The summed E-state index contributed by atoms with van der Waals surface area (Å²) in [6.07, 6.45) is 2.89. The van der Waals surface area contributed by atoms with Crippen LogP contribution < -0.4 is 11.3 Å². The Balaban J connectivity index is 3.36. The summed E-state index contributed by atoms with van der Waals surface area (Å²) in [6.45, 7) is 0. The zero-order chi connectivity index (χ0) is 12.3. The van der Waals surface area contributed by atoms with Gasteiger partial charge in [-0.05, 0) is 6.08 Å². The molecule has 0 aromatic carbocycles. The van der Waals surface area contributed by atoms with Crippen LogP contribution in [-0.2, 0) is 0 Å². The van der Waals surface area contributed by atoms with E-state index in [0.29, 0.717) is 0 Å². The first kappa shape index (κ1) is 11.7. The first-order valence-corrected chi connectivity index (χ1v) is 4.30. The minimum atomic E-state index is -0.865. The summed E-state index contributed by atoms with van der Waals surface area (Å²) >= 11 is 0. The van der Waals surface area contributed by atoms with E-state index in [1.807, 2.05) is 0 Å². The standard InChI is InChI=1S/C8H11N5O3/c1-12(2)4-3-5-6(13(15)16)7(14)11-8(9)10-5/h3-4H,1-2H3,(H3,9,10,11,14)/b4-3+. The van der Waals surface area contributed by atoms with Crippen molar-refractivity contribution in [2.75, 3.05) is 19.8 Å². The van der Waals surface area contributed by atoms with E-state index >= 15 is 0 Å². The molecule has 0 aliphatic heterocycles. The van der Waals surface area contributed by atoms with Crippen LogP contribution >= 0.6 is 0 Å². The molecule has 0 aliphatic carbocycles. The van der Waals surface area contributed by atoms with E-state index in [1.165, 1.54) is 12.3 Å². The molecule has 0 aliphatic rings. The van der Waals surface area contributed by atoms with Crippen molar-refractivity contribution in [3.63, 3.8) is 0 Å². The molecule has 0 bridgehead atoms. The van der Waals surface area contributed by atoms with Crippen LogP contribution in [0.25, 0.3) is 6.08 Å². The number of nitrogen functional groups attached to an aromatic ring is 1. The quantitative estimate of drug-likeness (QED) is 0.542. The lowest BCUT2D eigenvalue weighted by atomic mass is 10.3. The minimum absolute atomic E-state index is 0.0695. The molecule has 1 aromatic rings. The van der Waals surface area contributed by atoms with Crippen LogP contribution in [0, 0.1) is 10.1 Å². The van der Waals surface area contributed by atoms with Crippen molar-refractivity contribution in [1.29, 1.82) is 0 Å². The van der Waals surface area contributed by atoms with Gasteiger partial charge in [0.15, 0.2) is 5.69 Å². The van der Waals surface area contributed by atoms with Gasteiger partial charge in [-0.2, -0.15) is 0 Å². The van der Waals surface area contributed by atoms with E-state index in [0.717, 1.165) is 0 Å². The molecule has 0 radical (unpaired) electrons. The Hall–Kier alpha value is -2.38. The monoisotopic (exact) mass is 225 g/mol. The Morgan fingerprint density at radius 2 is 2.19 bits per heavy atom. The van der Waals surface area contributed by atoms with Crippen molar-refractivity contribution in [1.82, 2.24) is 14.9 Å². The topological polar surface area (TPSA) is 118 Å². The van der Waals surface area contributed by atoms with E-state index < -0.39 is 16.2 Å². The maximum atomic E-state index is 11.3. The van der Waals surface area contributed by atoms with Gasteiger partial charge in [-0.15, -0.1) is 0 Å². The second-order valence-corrected chi connectivity index (χ2v) is 3.22. The molecule has 3 N–H and O–H groups in total. The van der Waals surface area contributed by atoms with Crippen molar-refractivity contribution in [3.8, 4) is 0 Å². The molecule has 0 fully saturated rings. The summed E-state index contributed by atoms with van der Waals surface area (Å²) in [6, 6.07) is 0. The van der Waals surface area contributed by atoms with Crippen molar-refractivity contribution in [2.24, 2.45) is 0 Å². The largest absolute Gasteiger partial charge is 0.383 e. The van der Waals surface area contributed by atoms with Crippen molar-refractivity contribution >= 4 is 17.7 Å². The van der Waals surface area contributed by atoms with Crippen molar-refractivity contribution in [3.05, 3.63) is 32.4 Å². The van der Waals surface area contributed by atoms with E-state index in [4.69, 9.17) is 5.73 Å². The molecule has 0 saturated carbocycles. The number of hydrogen-bond donors (Lipinski definition) is 2. The molecule has 1 aromatic heterocycles. The maximum absolute atomic E-state index is 11.3. The summed E-state index contributed by atoms with van der Waals surface area (Å²) < 4.78 is 0. The summed E-state index contributed by atoms with van der Waals surface area (Å²) in [5.74, 6) is -0.158. The van der Waals surface area contributed by atoms with Gasteiger partial charge in [0.1, 0.15) is 0 Å². The van der Waals surface area contributed by atoms with Crippen LogP contribution in [-0.4, -0.2) is 33.9 Å². The summed E-state index contributed by atoms with van der Waals surface area (Å²) in [7, 11) is 3.47. The highest BCUT2D eigenvalue weighted by Gasteiger charge is 2.19. The summed E-state index contributed by atoms with van der Waals surface area (Å²) in [4.78, 5) is 28.6. The Kier molecular flexibility index (Phi) is 3.24. The van der Waals surface area contributed by atoms with E-state index in [2.05, 4.69) is 9.97 Å². The highest BCUT2D eigenvalue weighted by molar-refractivity contribution is 5.56. The van der Waals surface area contributed by atoms with E-state index in [-0.39, 0.29) is 11.6 Å². The molecular weight excluding hydrogens is 214 g/mol. The number of nitrogens with one attached hydrogen (secondary N) is 1. The van der Waals surface area contributed by atoms with Crippen LogP contribution in [0.1, 0.15) is 5.69 Å². The third-order valence-electron chi connectivity index (χ3n) is 1.65. The predicted molar refractivity (Wildman–Crippen MR) is 58.6 cm³/mol. The maximum Gasteiger partial charge on any atom is 0.359 e. The minimum Gasteiger partial charge on any atom is -0.383 e. The number of hydrogen-bond acceptors (Lipinski definition) is 6. The molecule has 8 heteroatoms. The third-order valence-corrected chi connectivity index (χ3v) is 1.65. The lowest BCUT2D eigenvalue weighted by Crippen LogP contribution is -2.17. The zero-order valence-corrected chi connectivity index (χ0v) is 8.80. The van der Waals surface area contributed by atoms with Gasteiger partial charge in [-0.1, -0.05) is 0 Å². The molecule has 0 saturated heterocycles. The van der Waals surface area contributed by atoms with E-state index in [1.54, 1.807) is 19.0 Å². The number of rotatable bonds is 3. The highest BCUT2D eigenvalue weighted by atomic mass is 16.6. The predicted octanol–water partition coefficient (Wildman–Crippen LogP) is -0.207. The van der Waals surface area contributed by atoms with Crippen LogP contribution in [0.15, 0.2) is 11.0 Å². The molecule has 16 heavy (non-hydrogen) atoms. The number of nitrogens with zero attached hydrogens (tertiary/aromatic N) is 3. The highest BCUT2D eigenvalue weighted by Crippen LogP contribution is 2.12. The zero-order valence-electron chi connectivity index (χ0n) is 8.80. The molecule has 1 rings (SSSR count). The summed E-state index contributed by atoms with van der Waals surface area (Å²) in [5, 5.41) is 10.7. The second kappa shape index (κ2) is 4.43. The fourth-order valence-electron chi connectivity index (χ4n) is 1.01. The van der Waals surface area contributed by atoms with Gasteiger partial charge in [0, 0.05) is 20.3 Å². The van der Waals surface area contributed by atoms with Gasteiger partial charge >= 0.3 is 11.2 Å². The average molecular weight is 225 g/mol. The Morgan fingerprint density at radius 3 is 2.69 bits per heavy atom. The summed E-state index contributed by atoms with van der Waals surface area (Å²) in [5.41, 5.74) is 3.75. The molecular formula is C8H11N5O3. The van der Waals surface area contributed by atoms with Crippen LogP contribution in [0.3, 0.4) is 0 Å². The van der Waals surface area contributed by atoms with Crippen LogP contribution in [0.5, 0.6) is 0 Å². The van der Waals surface area contributed by atoms with Gasteiger partial charge in [0.05, 0.1) is 4.92 Å². The van der Waals surface area contributed by atoms with E-state index in [9.17, 15) is 14.9 Å². The molecule has 8 nitrogen and oxygen atoms in total. The Morgan fingerprint density at radius 1 is 1.56 bits per heavy atom. The molecule has 86 valence electrons. The fourth-order valence-corrected chi connectivity index (χ4v) is 1.01. The normalized spacial score (nSPS) is 10.6. The van der Waals surface area contributed by atoms with Gasteiger partial charge in [-0.25, -0.2) is 4.98 Å². The Labute approximate surface area is 90.6 Å². The molecule has 0 amide bonds. The van der Waals surface area contributed by atoms with Gasteiger partial charge in [0.25, 0.3) is 0 Å². The molecule has 0 spiro atoms. The van der Waals surface area contributed by atoms with Crippen molar-refractivity contribution in [2.45, 2.75) is 0 Å². The number of aromatic amines is 1. The number of aromatic nitrogens is 2. The van der Waals surface area contributed by atoms with Gasteiger partial charge in [-0.3, -0.25) is 19.9 Å². The van der Waals surface area contributed by atoms with Crippen LogP contribution in [0.4, 0.5) is 11.6 Å².